The van der Waals surface area contributed by atoms with Crippen LogP contribution in [0.3, 0.4) is 0 Å². The molecule has 18 heavy (non-hydrogen) atoms. The molecule has 1 amide bonds. The second-order valence-corrected chi connectivity index (χ2v) is 6.55. The number of amides is 1. The van der Waals surface area contributed by atoms with Crippen molar-refractivity contribution in [2.24, 2.45) is 11.1 Å². The van der Waals surface area contributed by atoms with Gasteiger partial charge in [0, 0.05) is 12.6 Å². The Labute approximate surface area is 108 Å². The van der Waals surface area contributed by atoms with Gasteiger partial charge in [-0.05, 0) is 45.4 Å². The topological polar surface area (TPSA) is 73.6 Å². The SMILES string of the molecule is CC(C)(C)OC(=O)NC1COCCC12CC(N)C2. The number of nitrogens with two attached hydrogens (primary N) is 1. The molecule has 0 aromatic carbocycles. The van der Waals surface area contributed by atoms with E-state index in [2.05, 4.69) is 5.32 Å². The third-order valence-corrected chi connectivity index (χ3v) is 3.80. The van der Waals surface area contributed by atoms with Crippen LogP contribution in [-0.2, 0) is 9.47 Å². The van der Waals surface area contributed by atoms with Gasteiger partial charge in [-0.15, -0.1) is 0 Å². The van der Waals surface area contributed by atoms with Crippen molar-refractivity contribution in [1.82, 2.24) is 5.32 Å². The van der Waals surface area contributed by atoms with E-state index in [1.165, 1.54) is 0 Å². The molecule has 5 nitrogen and oxygen atoms in total. The highest BCUT2D eigenvalue weighted by Gasteiger charge is 2.50. The van der Waals surface area contributed by atoms with Gasteiger partial charge < -0.3 is 20.5 Å². The Kier molecular flexibility index (Phi) is 3.56. The zero-order chi connectivity index (χ0) is 13.4. The molecule has 1 heterocycles. The van der Waals surface area contributed by atoms with Crippen molar-refractivity contribution in [3.63, 3.8) is 0 Å². The highest BCUT2D eigenvalue weighted by atomic mass is 16.6. The molecule has 1 aliphatic carbocycles. The van der Waals surface area contributed by atoms with Crippen LogP contribution in [0.25, 0.3) is 0 Å². The molecule has 1 aliphatic heterocycles. The second-order valence-electron chi connectivity index (χ2n) is 6.55. The van der Waals surface area contributed by atoms with Crippen molar-refractivity contribution in [2.75, 3.05) is 13.2 Å². The quantitative estimate of drug-likeness (QED) is 0.744. The lowest BCUT2D eigenvalue weighted by Gasteiger charge is -2.53. The number of alkyl carbamates (subject to hydrolysis) is 1. The maximum absolute atomic E-state index is 11.8. The Hall–Kier alpha value is -0.810. The van der Waals surface area contributed by atoms with E-state index < -0.39 is 5.60 Å². The molecule has 0 aromatic rings. The molecule has 3 N–H and O–H groups in total. The predicted octanol–water partition coefficient (Wildman–Crippen LogP) is 1.41. The van der Waals surface area contributed by atoms with Crippen molar-refractivity contribution >= 4 is 6.09 Å². The largest absolute Gasteiger partial charge is 0.444 e. The third kappa shape index (κ3) is 2.95. The lowest BCUT2D eigenvalue weighted by molar-refractivity contribution is -0.0703. The van der Waals surface area contributed by atoms with Crippen LogP contribution in [0, 0.1) is 5.41 Å². The number of rotatable bonds is 1. The van der Waals surface area contributed by atoms with Gasteiger partial charge in [0.2, 0.25) is 0 Å². The van der Waals surface area contributed by atoms with Crippen molar-refractivity contribution < 1.29 is 14.3 Å². The first-order chi connectivity index (χ1) is 8.31. The molecule has 1 saturated carbocycles. The minimum atomic E-state index is -0.469. The van der Waals surface area contributed by atoms with Crippen LogP contribution >= 0.6 is 0 Å². The lowest BCUT2D eigenvalue weighted by atomic mass is 9.59. The van der Waals surface area contributed by atoms with E-state index in [1.54, 1.807) is 0 Å². The fourth-order valence-electron chi connectivity index (χ4n) is 2.95. The molecule has 5 heteroatoms. The minimum Gasteiger partial charge on any atom is -0.444 e. The summed E-state index contributed by atoms with van der Waals surface area (Å²) in [5.74, 6) is 0. The summed E-state index contributed by atoms with van der Waals surface area (Å²) in [7, 11) is 0. The van der Waals surface area contributed by atoms with Crippen LogP contribution in [0.4, 0.5) is 4.79 Å². The standard InChI is InChI=1S/C13H24N2O3/c1-12(2,3)18-11(16)15-10-8-17-5-4-13(10)6-9(14)7-13/h9-10H,4-8,14H2,1-3H3,(H,15,16). The van der Waals surface area contributed by atoms with Gasteiger partial charge in [0.05, 0.1) is 12.6 Å². The molecule has 0 radical (unpaired) electrons. The highest BCUT2D eigenvalue weighted by Crippen LogP contribution is 2.47. The van der Waals surface area contributed by atoms with E-state index in [9.17, 15) is 4.79 Å². The smallest absolute Gasteiger partial charge is 0.407 e. The molecule has 1 atom stereocenters. The molecule has 104 valence electrons. The molecule has 0 aromatic heterocycles. The second kappa shape index (κ2) is 4.70. The first-order valence-electron chi connectivity index (χ1n) is 6.64. The van der Waals surface area contributed by atoms with Gasteiger partial charge in [-0.2, -0.15) is 0 Å². The summed E-state index contributed by atoms with van der Waals surface area (Å²) in [4.78, 5) is 11.8. The van der Waals surface area contributed by atoms with Crippen molar-refractivity contribution in [3.05, 3.63) is 0 Å². The molecule has 1 unspecified atom stereocenters. The van der Waals surface area contributed by atoms with Gasteiger partial charge >= 0.3 is 6.09 Å². The van der Waals surface area contributed by atoms with Crippen LogP contribution in [0.15, 0.2) is 0 Å². The average Bonchev–Trinajstić information content (AvgIpc) is 2.16. The van der Waals surface area contributed by atoms with E-state index >= 15 is 0 Å². The van der Waals surface area contributed by atoms with Gasteiger partial charge in [0.1, 0.15) is 5.60 Å². The number of nitrogens with one attached hydrogen (secondary N) is 1. The van der Waals surface area contributed by atoms with Crippen LogP contribution < -0.4 is 11.1 Å². The summed E-state index contributed by atoms with van der Waals surface area (Å²) >= 11 is 0. The van der Waals surface area contributed by atoms with E-state index in [-0.39, 0.29) is 23.6 Å². The van der Waals surface area contributed by atoms with Gasteiger partial charge in [-0.1, -0.05) is 0 Å². The molecule has 2 fully saturated rings. The zero-order valence-electron chi connectivity index (χ0n) is 11.5. The third-order valence-electron chi connectivity index (χ3n) is 3.80. The van der Waals surface area contributed by atoms with Gasteiger partial charge in [-0.25, -0.2) is 4.79 Å². The van der Waals surface area contributed by atoms with E-state index in [1.807, 2.05) is 20.8 Å². The van der Waals surface area contributed by atoms with Crippen molar-refractivity contribution in [1.29, 1.82) is 0 Å². The first-order valence-corrected chi connectivity index (χ1v) is 6.64. The number of hydrogen-bond donors (Lipinski definition) is 2. The predicted molar refractivity (Wildman–Crippen MR) is 68.2 cm³/mol. The van der Waals surface area contributed by atoms with Gasteiger partial charge in [0.25, 0.3) is 0 Å². The highest BCUT2D eigenvalue weighted by molar-refractivity contribution is 5.68. The monoisotopic (exact) mass is 256 g/mol. The molecule has 2 rings (SSSR count). The summed E-state index contributed by atoms with van der Waals surface area (Å²) in [5, 5.41) is 2.95. The summed E-state index contributed by atoms with van der Waals surface area (Å²) in [5.41, 5.74) is 5.56. The summed E-state index contributed by atoms with van der Waals surface area (Å²) < 4.78 is 10.8. The Bertz CT molecular complexity index is 313. The first kappa shape index (κ1) is 13.6. The Morgan fingerprint density at radius 3 is 2.67 bits per heavy atom. The van der Waals surface area contributed by atoms with Crippen LogP contribution in [-0.4, -0.2) is 37.0 Å². The zero-order valence-corrected chi connectivity index (χ0v) is 11.5. The molecular formula is C13H24N2O3. The number of carbonyl (C=O) groups excluding carboxylic acids is 1. The van der Waals surface area contributed by atoms with E-state index in [0.717, 1.165) is 25.9 Å². The van der Waals surface area contributed by atoms with Gasteiger partial charge in [0.15, 0.2) is 0 Å². The van der Waals surface area contributed by atoms with Gasteiger partial charge in [-0.3, -0.25) is 0 Å². The Balaban J connectivity index is 1.92. The maximum Gasteiger partial charge on any atom is 0.407 e. The molecule has 2 aliphatic rings. The van der Waals surface area contributed by atoms with Crippen molar-refractivity contribution in [3.8, 4) is 0 Å². The number of carbonyl (C=O) groups is 1. The maximum atomic E-state index is 11.8. The molecule has 0 bridgehead atoms. The van der Waals surface area contributed by atoms with Crippen LogP contribution in [0.1, 0.15) is 40.0 Å². The van der Waals surface area contributed by atoms with Crippen LogP contribution in [0.2, 0.25) is 0 Å². The van der Waals surface area contributed by atoms with Crippen molar-refractivity contribution in [2.45, 2.75) is 57.7 Å². The molecule has 1 spiro atoms. The Morgan fingerprint density at radius 1 is 1.44 bits per heavy atom. The van der Waals surface area contributed by atoms with Crippen LogP contribution in [0.5, 0.6) is 0 Å². The fraction of sp³-hybridized carbons (Fsp3) is 0.923. The average molecular weight is 256 g/mol. The van der Waals surface area contributed by atoms with E-state index in [4.69, 9.17) is 15.2 Å². The number of hydrogen-bond acceptors (Lipinski definition) is 4. The summed E-state index contributed by atoms with van der Waals surface area (Å²) in [6.07, 6.45) is 2.55. The summed E-state index contributed by atoms with van der Waals surface area (Å²) in [6.45, 7) is 6.90. The Morgan fingerprint density at radius 2 is 2.11 bits per heavy atom. The molecular weight excluding hydrogens is 232 g/mol. The fourth-order valence-corrected chi connectivity index (χ4v) is 2.95. The number of ether oxygens (including phenoxy) is 2. The summed E-state index contributed by atoms with van der Waals surface area (Å²) in [6, 6.07) is 0.298. The minimum absolute atomic E-state index is 0.0286. The lowest BCUT2D eigenvalue weighted by Crippen LogP contribution is -2.62. The molecule has 1 saturated heterocycles. The van der Waals surface area contributed by atoms with E-state index in [0.29, 0.717) is 6.61 Å². The normalized spacial score (nSPS) is 36.0.